The second-order valence-electron chi connectivity index (χ2n) is 6.22. The summed E-state index contributed by atoms with van der Waals surface area (Å²) in [4.78, 5) is 24.7. The molecule has 0 saturated heterocycles. The molecule has 2 rings (SSSR count). The third kappa shape index (κ3) is 3.67. The summed E-state index contributed by atoms with van der Waals surface area (Å²) >= 11 is 0. The summed E-state index contributed by atoms with van der Waals surface area (Å²) < 4.78 is 1.80. The lowest BCUT2D eigenvalue weighted by Gasteiger charge is -2.20. The van der Waals surface area contributed by atoms with Crippen LogP contribution in [-0.2, 0) is 19.4 Å². The fourth-order valence-electron chi connectivity index (χ4n) is 3.00. The Morgan fingerprint density at radius 3 is 2.55 bits per heavy atom. The molecule has 0 atom stereocenters. The van der Waals surface area contributed by atoms with Gasteiger partial charge in [0.05, 0.1) is 0 Å². The minimum atomic E-state index is -0.291. The van der Waals surface area contributed by atoms with E-state index in [0.29, 0.717) is 6.54 Å². The average molecular weight is 302 g/mol. The molecule has 1 aromatic heterocycles. The molecule has 0 fully saturated rings. The van der Waals surface area contributed by atoms with Gasteiger partial charge in [-0.05, 0) is 51.2 Å². The maximum Gasteiger partial charge on any atom is 0.263 e. The molecule has 0 saturated carbocycles. The van der Waals surface area contributed by atoms with Crippen molar-refractivity contribution >= 4 is 5.91 Å². The van der Waals surface area contributed by atoms with E-state index in [2.05, 4.69) is 5.32 Å². The standard InChI is InChI=1S/C18H26N2O2/c1-13(2)10-11-20-16-9-7-5-4-6-8-14(16)12-15(18(20)22)17(21)19-3/h10,12H,4-9,11H2,1-3H3,(H,19,21). The number of rotatable bonds is 3. The van der Waals surface area contributed by atoms with Gasteiger partial charge < -0.3 is 9.88 Å². The Labute approximate surface area is 132 Å². The topological polar surface area (TPSA) is 51.1 Å². The zero-order valence-corrected chi connectivity index (χ0v) is 13.9. The van der Waals surface area contributed by atoms with Gasteiger partial charge in [-0.2, -0.15) is 0 Å². The Hall–Kier alpha value is -1.84. The first-order valence-corrected chi connectivity index (χ1v) is 8.15. The average Bonchev–Trinajstić information content (AvgIpc) is 2.46. The van der Waals surface area contributed by atoms with E-state index in [4.69, 9.17) is 0 Å². The molecule has 4 nitrogen and oxygen atoms in total. The van der Waals surface area contributed by atoms with Crippen LogP contribution in [0.25, 0.3) is 0 Å². The van der Waals surface area contributed by atoms with E-state index in [-0.39, 0.29) is 17.0 Å². The molecule has 0 spiro atoms. The minimum absolute atomic E-state index is 0.170. The van der Waals surface area contributed by atoms with Crippen molar-refractivity contribution in [2.45, 2.75) is 58.9 Å². The van der Waals surface area contributed by atoms with Crippen molar-refractivity contribution in [1.29, 1.82) is 0 Å². The third-order valence-electron chi connectivity index (χ3n) is 4.25. The molecule has 0 aliphatic heterocycles. The van der Waals surface area contributed by atoms with E-state index in [1.54, 1.807) is 11.6 Å². The smallest absolute Gasteiger partial charge is 0.263 e. The number of carbonyl (C=O) groups is 1. The van der Waals surface area contributed by atoms with E-state index >= 15 is 0 Å². The van der Waals surface area contributed by atoms with Crippen LogP contribution in [0.1, 0.15) is 61.1 Å². The molecule has 1 aliphatic carbocycles. The first kappa shape index (κ1) is 16.5. The summed E-state index contributed by atoms with van der Waals surface area (Å²) in [6.07, 6.45) is 8.61. The van der Waals surface area contributed by atoms with Crippen LogP contribution in [0, 0.1) is 0 Å². The van der Waals surface area contributed by atoms with Crippen molar-refractivity contribution in [1.82, 2.24) is 9.88 Å². The molecule has 1 N–H and O–H groups in total. The molecule has 0 unspecified atom stereocenters. The lowest BCUT2D eigenvalue weighted by Crippen LogP contribution is -2.34. The van der Waals surface area contributed by atoms with Crippen molar-refractivity contribution in [3.63, 3.8) is 0 Å². The molecule has 0 radical (unpaired) electrons. The van der Waals surface area contributed by atoms with Crippen molar-refractivity contribution in [2.75, 3.05) is 7.05 Å². The number of amides is 1. The van der Waals surface area contributed by atoms with E-state index in [0.717, 1.165) is 31.4 Å². The lowest BCUT2D eigenvalue weighted by molar-refractivity contribution is 0.0961. The molecule has 120 valence electrons. The number of hydrogen-bond acceptors (Lipinski definition) is 2. The van der Waals surface area contributed by atoms with Gasteiger partial charge in [-0.3, -0.25) is 9.59 Å². The number of allylic oxidation sites excluding steroid dienone is 2. The third-order valence-corrected chi connectivity index (χ3v) is 4.25. The van der Waals surface area contributed by atoms with E-state index in [1.165, 1.54) is 24.0 Å². The fourth-order valence-corrected chi connectivity index (χ4v) is 3.00. The van der Waals surface area contributed by atoms with Crippen LogP contribution in [0.3, 0.4) is 0 Å². The molecule has 1 amide bonds. The number of pyridine rings is 1. The summed E-state index contributed by atoms with van der Waals surface area (Å²) in [6.45, 7) is 4.60. The zero-order chi connectivity index (χ0) is 16.1. The van der Waals surface area contributed by atoms with Crippen molar-refractivity contribution in [2.24, 2.45) is 0 Å². The van der Waals surface area contributed by atoms with Gasteiger partial charge in [0, 0.05) is 19.3 Å². The Morgan fingerprint density at radius 1 is 1.23 bits per heavy atom. The Balaban J connectivity index is 2.59. The second-order valence-corrected chi connectivity index (χ2v) is 6.22. The zero-order valence-electron chi connectivity index (χ0n) is 13.9. The van der Waals surface area contributed by atoms with Crippen LogP contribution < -0.4 is 10.9 Å². The summed E-state index contributed by atoms with van der Waals surface area (Å²) in [5.41, 5.74) is 3.56. The largest absolute Gasteiger partial charge is 0.355 e. The summed E-state index contributed by atoms with van der Waals surface area (Å²) in [5.74, 6) is -0.291. The number of hydrogen-bond donors (Lipinski definition) is 1. The maximum absolute atomic E-state index is 12.7. The molecular formula is C18H26N2O2. The van der Waals surface area contributed by atoms with Crippen molar-refractivity contribution in [3.05, 3.63) is 44.9 Å². The summed E-state index contributed by atoms with van der Waals surface area (Å²) in [7, 11) is 1.57. The highest BCUT2D eigenvalue weighted by Crippen LogP contribution is 2.20. The Kier molecular flexibility index (Phi) is 5.58. The lowest BCUT2D eigenvalue weighted by atomic mass is 9.95. The highest BCUT2D eigenvalue weighted by molar-refractivity contribution is 5.93. The first-order valence-electron chi connectivity index (χ1n) is 8.15. The number of nitrogens with one attached hydrogen (secondary N) is 1. The minimum Gasteiger partial charge on any atom is -0.355 e. The molecule has 4 heteroatoms. The number of aromatic nitrogens is 1. The Morgan fingerprint density at radius 2 is 1.91 bits per heavy atom. The van der Waals surface area contributed by atoms with Crippen LogP contribution in [0.2, 0.25) is 0 Å². The molecule has 0 aromatic carbocycles. The van der Waals surface area contributed by atoms with Crippen LogP contribution in [0.4, 0.5) is 0 Å². The molecule has 0 bridgehead atoms. The second kappa shape index (κ2) is 7.43. The van der Waals surface area contributed by atoms with Gasteiger partial charge >= 0.3 is 0 Å². The Bertz CT molecular complexity index is 637. The van der Waals surface area contributed by atoms with Gasteiger partial charge in [0.25, 0.3) is 11.5 Å². The quantitative estimate of drug-likeness (QED) is 0.873. The van der Waals surface area contributed by atoms with Crippen molar-refractivity contribution in [3.8, 4) is 0 Å². The van der Waals surface area contributed by atoms with Gasteiger partial charge in [0.15, 0.2) is 0 Å². The monoisotopic (exact) mass is 302 g/mol. The van der Waals surface area contributed by atoms with Gasteiger partial charge in [-0.15, -0.1) is 0 Å². The molecule has 1 aliphatic rings. The highest BCUT2D eigenvalue weighted by Gasteiger charge is 2.18. The van der Waals surface area contributed by atoms with E-state index < -0.39 is 0 Å². The van der Waals surface area contributed by atoms with Crippen LogP contribution in [0.5, 0.6) is 0 Å². The van der Waals surface area contributed by atoms with E-state index in [9.17, 15) is 9.59 Å². The fraction of sp³-hybridized carbons (Fsp3) is 0.556. The molecule has 22 heavy (non-hydrogen) atoms. The number of aryl methyl sites for hydroxylation is 1. The van der Waals surface area contributed by atoms with Gasteiger partial charge in [-0.25, -0.2) is 0 Å². The van der Waals surface area contributed by atoms with Crippen LogP contribution >= 0.6 is 0 Å². The number of nitrogens with zero attached hydrogens (tertiary/aromatic N) is 1. The predicted molar refractivity (Wildman–Crippen MR) is 89.4 cm³/mol. The molecule has 1 heterocycles. The predicted octanol–water partition coefficient (Wildman–Crippen LogP) is 2.83. The SMILES string of the molecule is CNC(=O)c1cc2c(n(CC=C(C)C)c1=O)CCCCCC2. The summed E-state index contributed by atoms with van der Waals surface area (Å²) in [5, 5.41) is 2.58. The van der Waals surface area contributed by atoms with Crippen LogP contribution in [-0.4, -0.2) is 17.5 Å². The van der Waals surface area contributed by atoms with Gasteiger partial charge in [0.1, 0.15) is 5.56 Å². The number of carbonyl (C=O) groups excluding carboxylic acids is 1. The maximum atomic E-state index is 12.7. The molecular weight excluding hydrogens is 276 g/mol. The highest BCUT2D eigenvalue weighted by atomic mass is 16.2. The van der Waals surface area contributed by atoms with Crippen molar-refractivity contribution < 1.29 is 4.79 Å². The summed E-state index contributed by atoms with van der Waals surface area (Å²) in [6, 6.07) is 1.82. The number of fused-ring (bicyclic) bond motifs is 1. The van der Waals surface area contributed by atoms with Gasteiger partial charge in [0.2, 0.25) is 0 Å². The van der Waals surface area contributed by atoms with E-state index in [1.807, 2.05) is 26.0 Å². The van der Waals surface area contributed by atoms with Crippen LogP contribution in [0.15, 0.2) is 22.5 Å². The first-order chi connectivity index (χ1) is 10.5. The molecule has 1 aromatic rings. The normalized spacial score (nSPS) is 14.5. The van der Waals surface area contributed by atoms with Gasteiger partial charge in [-0.1, -0.05) is 24.5 Å².